The number of carbonyl (C=O) groups excluding carboxylic acids is 3. The van der Waals surface area contributed by atoms with Gasteiger partial charge in [-0.3, -0.25) is 20.0 Å². The van der Waals surface area contributed by atoms with Crippen LogP contribution in [0.1, 0.15) is 38.3 Å². The van der Waals surface area contributed by atoms with Crippen LogP contribution in [0.3, 0.4) is 0 Å². The summed E-state index contributed by atoms with van der Waals surface area (Å²) in [7, 11) is 2.81. The van der Waals surface area contributed by atoms with Gasteiger partial charge in [0.15, 0.2) is 6.29 Å². The molecule has 2 saturated heterocycles. The second kappa shape index (κ2) is 17.1. The number of aliphatic hydroxyl groups excluding tert-OH is 1. The maximum Gasteiger partial charge on any atom is 0.422 e. The highest BCUT2D eigenvalue weighted by Gasteiger charge is 2.44. The first-order valence-electron chi connectivity index (χ1n) is 17.1. The molecule has 5 rings (SSSR count). The highest BCUT2D eigenvalue weighted by molar-refractivity contribution is 5.98. The van der Waals surface area contributed by atoms with Crippen molar-refractivity contribution in [2.45, 2.75) is 64.7 Å². The monoisotopic (exact) mass is 704 g/mol. The van der Waals surface area contributed by atoms with E-state index in [-0.39, 0.29) is 38.3 Å². The number of nitrogens with zero attached hydrogens (tertiary/aromatic N) is 2. The van der Waals surface area contributed by atoms with Gasteiger partial charge in [0.2, 0.25) is 5.91 Å². The van der Waals surface area contributed by atoms with Crippen molar-refractivity contribution in [3.8, 4) is 17.0 Å². The van der Waals surface area contributed by atoms with Crippen molar-refractivity contribution in [1.82, 2.24) is 20.7 Å². The molecule has 6 atom stereocenters. The van der Waals surface area contributed by atoms with Gasteiger partial charge >= 0.3 is 12.1 Å². The lowest BCUT2D eigenvalue weighted by Gasteiger charge is -2.33. The molecule has 13 nitrogen and oxygen atoms in total. The van der Waals surface area contributed by atoms with Gasteiger partial charge in [-0.15, -0.1) is 0 Å². The third kappa shape index (κ3) is 10.0. The molecule has 3 heterocycles. The van der Waals surface area contributed by atoms with Crippen molar-refractivity contribution in [2.24, 2.45) is 17.3 Å². The molecule has 2 aromatic carbocycles. The highest BCUT2D eigenvalue weighted by Crippen LogP contribution is 2.33. The first-order valence-corrected chi connectivity index (χ1v) is 17.1. The Morgan fingerprint density at radius 1 is 1.00 bits per heavy atom. The van der Waals surface area contributed by atoms with E-state index in [1.165, 1.54) is 7.11 Å². The topological polar surface area (TPSA) is 158 Å². The van der Waals surface area contributed by atoms with Crippen molar-refractivity contribution >= 4 is 18.0 Å². The van der Waals surface area contributed by atoms with E-state index in [2.05, 4.69) is 15.7 Å². The number of hydrogen-bond acceptors (Lipinski definition) is 11. The number of aromatic nitrogens is 1. The van der Waals surface area contributed by atoms with Crippen molar-refractivity contribution < 1.29 is 43.2 Å². The van der Waals surface area contributed by atoms with Gasteiger partial charge in [0.05, 0.1) is 51.2 Å². The molecule has 0 bridgehead atoms. The van der Waals surface area contributed by atoms with Gasteiger partial charge in [-0.1, -0.05) is 63.2 Å². The third-order valence-corrected chi connectivity index (χ3v) is 9.16. The summed E-state index contributed by atoms with van der Waals surface area (Å²) in [6.45, 7) is 6.18. The first kappa shape index (κ1) is 37.7. The molecule has 274 valence electrons. The molecule has 0 aliphatic carbocycles. The molecule has 51 heavy (non-hydrogen) atoms. The van der Waals surface area contributed by atoms with E-state index in [9.17, 15) is 19.5 Å². The fourth-order valence-corrected chi connectivity index (χ4v) is 6.41. The minimum Gasteiger partial charge on any atom is -0.497 e. The van der Waals surface area contributed by atoms with Crippen LogP contribution in [0.5, 0.6) is 5.75 Å². The number of hydrogen-bond donors (Lipinski definition) is 3. The van der Waals surface area contributed by atoms with Crippen molar-refractivity contribution in [2.75, 3.05) is 34.0 Å². The number of pyridine rings is 1. The summed E-state index contributed by atoms with van der Waals surface area (Å²) < 4.78 is 27.3. The average molecular weight is 705 g/mol. The van der Waals surface area contributed by atoms with Crippen LogP contribution in [-0.4, -0.2) is 91.6 Å². The second-order valence-electron chi connectivity index (χ2n) is 13.9. The Hall–Kier alpha value is -4.56. The second-order valence-corrected chi connectivity index (χ2v) is 13.9. The van der Waals surface area contributed by atoms with E-state index in [4.69, 9.17) is 23.7 Å². The van der Waals surface area contributed by atoms with E-state index in [1.54, 1.807) is 51.2 Å². The van der Waals surface area contributed by atoms with E-state index in [0.29, 0.717) is 12.4 Å². The zero-order valence-electron chi connectivity index (χ0n) is 29.7. The number of hydrazine groups is 1. The Morgan fingerprint density at radius 3 is 2.37 bits per heavy atom. The summed E-state index contributed by atoms with van der Waals surface area (Å²) in [5.41, 5.74) is 5.44. The summed E-state index contributed by atoms with van der Waals surface area (Å²) in [6, 6.07) is 19.8. The van der Waals surface area contributed by atoms with E-state index < -0.39 is 47.6 Å². The molecule has 1 aromatic heterocycles. The molecule has 3 aromatic rings. The van der Waals surface area contributed by atoms with Crippen LogP contribution >= 0.6 is 0 Å². The van der Waals surface area contributed by atoms with Gasteiger partial charge in [-0.05, 0) is 53.6 Å². The maximum atomic E-state index is 13.7. The zero-order chi connectivity index (χ0) is 36.5. The van der Waals surface area contributed by atoms with Crippen LogP contribution < -0.4 is 15.5 Å². The quantitative estimate of drug-likeness (QED) is 0.127. The van der Waals surface area contributed by atoms with Crippen LogP contribution in [-0.2, 0) is 41.5 Å². The Kier molecular flexibility index (Phi) is 12.6. The number of aliphatic hydroxyl groups is 1. The SMILES string of the molecule is COC(=O)C(C(=O)NC(Cc1ccc(OC)cc1)C(O)CN(Cc1ccc(-c2ccccn2)cc1)NC(=O)OC1COC2OCCC12)C(C)(C)C. The van der Waals surface area contributed by atoms with E-state index >= 15 is 0 Å². The predicted molar refractivity (Wildman–Crippen MR) is 187 cm³/mol. The van der Waals surface area contributed by atoms with Crippen molar-refractivity contribution in [1.29, 1.82) is 0 Å². The van der Waals surface area contributed by atoms with E-state index in [0.717, 1.165) is 28.8 Å². The number of carbonyl (C=O) groups is 3. The molecule has 2 amide bonds. The number of rotatable bonds is 14. The molecular weight excluding hydrogens is 656 g/mol. The molecule has 6 unspecified atom stereocenters. The molecule has 13 heteroatoms. The Bertz CT molecular complexity index is 1600. The lowest BCUT2D eigenvalue weighted by atomic mass is 9.80. The van der Waals surface area contributed by atoms with Crippen molar-refractivity contribution in [3.63, 3.8) is 0 Å². The molecule has 2 aliphatic rings. The van der Waals surface area contributed by atoms with Crippen LogP contribution in [0.25, 0.3) is 11.3 Å². The van der Waals surface area contributed by atoms with Crippen LogP contribution in [0.2, 0.25) is 0 Å². The maximum absolute atomic E-state index is 13.7. The van der Waals surface area contributed by atoms with Crippen LogP contribution in [0, 0.1) is 17.3 Å². The van der Waals surface area contributed by atoms with Crippen molar-refractivity contribution in [3.05, 3.63) is 84.1 Å². The summed E-state index contributed by atoms with van der Waals surface area (Å²) in [6.07, 6.45) is -0.116. The Morgan fingerprint density at radius 2 is 1.73 bits per heavy atom. The lowest BCUT2D eigenvalue weighted by molar-refractivity contribution is -0.155. The smallest absolute Gasteiger partial charge is 0.422 e. The molecular formula is C38H48N4O9. The van der Waals surface area contributed by atoms with Crippen LogP contribution in [0.4, 0.5) is 4.79 Å². The van der Waals surface area contributed by atoms with E-state index in [1.807, 2.05) is 54.6 Å². The average Bonchev–Trinajstić information content (AvgIpc) is 3.73. The minimum absolute atomic E-state index is 0.0522. The molecule has 2 aliphatic heterocycles. The molecule has 0 radical (unpaired) electrons. The van der Waals surface area contributed by atoms with Gasteiger partial charge in [-0.2, -0.15) is 0 Å². The fourth-order valence-electron chi connectivity index (χ4n) is 6.41. The summed E-state index contributed by atoms with van der Waals surface area (Å²) >= 11 is 0. The van der Waals surface area contributed by atoms with Gasteiger partial charge in [0.25, 0.3) is 0 Å². The largest absolute Gasteiger partial charge is 0.497 e. The number of benzene rings is 2. The van der Waals surface area contributed by atoms with Crippen LogP contribution in [0.15, 0.2) is 72.9 Å². The fraction of sp³-hybridized carbons (Fsp3) is 0.474. The van der Waals surface area contributed by atoms with Gasteiger partial charge in [-0.25, -0.2) is 9.80 Å². The number of amides is 2. The van der Waals surface area contributed by atoms with Gasteiger partial charge < -0.3 is 34.1 Å². The summed E-state index contributed by atoms with van der Waals surface area (Å²) in [5, 5.41) is 16.3. The number of esters is 1. The highest BCUT2D eigenvalue weighted by atomic mass is 16.7. The Balaban J connectivity index is 1.37. The molecule has 3 N–H and O–H groups in total. The molecule has 2 fully saturated rings. The molecule has 0 spiro atoms. The summed E-state index contributed by atoms with van der Waals surface area (Å²) in [5.74, 6) is -1.78. The number of ether oxygens (including phenoxy) is 5. The first-order chi connectivity index (χ1) is 24.4. The molecule has 0 saturated carbocycles. The standard InChI is InChI=1S/C38H48N4O9/c1-38(2,3)33(35(45)48-5)34(44)40-30(20-24-11-15-27(47-4)16-12-24)31(43)22-42(41-37(46)51-32-23-50-36-28(32)17-19-49-36)21-25-9-13-26(14-10-25)29-8-6-7-18-39-29/h6-16,18,28,30-33,36,43H,17,19-23H2,1-5H3,(H,40,44)(H,41,46). The lowest BCUT2D eigenvalue weighted by Crippen LogP contribution is -2.55. The number of fused-ring (bicyclic) bond motifs is 1. The Labute approximate surface area is 298 Å². The minimum atomic E-state index is -1.22. The summed E-state index contributed by atoms with van der Waals surface area (Å²) in [4.78, 5) is 44.2. The number of nitrogens with one attached hydrogen (secondary N) is 2. The number of methoxy groups -OCH3 is 2. The predicted octanol–water partition coefficient (Wildman–Crippen LogP) is 3.89. The van der Waals surface area contributed by atoms with Gasteiger partial charge in [0, 0.05) is 24.8 Å². The normalized spacial score (nSPS) is 20.2. The third-order valence-electron chi connectivity index (χ3n) is 9.16. The zero-order valence-corrected chi connectivity index (χ0v) is 29.7. The van der Waals surface area contributed by atoms with Gasteiger partial charge in [0.1, 0.15) is 17.8 Å².